The monoisotopic (exact) mass is 472 g/mol. The summed E-state index contributed by atoms with van der Waals surface area (Å²) in [6, 6.07) is 17.8. The SMILES string of the molecule is CC.Cc1ccccc1.NCCCCC(NC(=O)CNC(=O)[C@H](N)Cc1ccccc1)C(=O)O. The highest BCUT2D eigenvalue weighted by Gasteiger charge is 2.20. The Balaban J connectivity index is 0.00000101. The minimum Gasteiger partial charge on any atom is -0.480 e. The van der Waals surface area contributed by atoms with E-state index in [4.69, 9.17) is 16.6 Å². The molecule has 0 aliphatic carbocycles. The van der Waals surface area contributed by atoms with Crippen LogP contribution in [0.25, 0.3) is 0 Å². The summed E-state index contributed by atoms with van der Waals surface area (Å²) < 4.78 is 0. The number of aryl methyl sites for hydroxylation is 1. The van der Waals surface area contributed by atoms with Crippen molar-refractivity contribution in [3.05, 3.63) is 71.8 Å². The lowest BCUT2D eigenvalue weighted by atomic mass is 10.1. The third-order valence-electron chi connectivity index (χ3n) is 4.58. The van der Waals surface area contributed by atoms with Gasteiger partial charge in [0.05, 0.1) is 12.6 Å². The van der Waals surface area contributed by atoms with Gasteiger partial charge in [0, 0.05) is 0 Å². The molecule has 2 aromatic rings. The number of carbonyl (C=O) groups is 3. The molecule has 0 fully saturated rings. The van der Waals surface area contributed by atoms with Crippen molar-refractivity contribution < 1.29 is 19.5 Å². The number of carboxylic acid groups (broad SMARTS) is 1. The number of nitrogens with one attached hydrogen (secondary N) is 2. The zero-order valence-electron chi connectivity index (χ0n) is 20.5. The molecular weight excluding hydrogens is 432 g/mol. The highest BCUT2D eigenvalue weighted by atomic mass is 16.4. The van der Waals surface area contributed by atoms with Gasteiger partial charge in [-0.1, -0.05) is 80.1 Å². The molecule has 0 radical (unpaired) electrons. The Morgan fingerprint density at radius 3 is 1.97 bits per heavy atom. The summed E-state index contributed by atoms with van der Waals surface area (Å²) in [5, 5.41) is 13.9. The van der Waals surface area contributed by atoms with Gasteiger partial charge < -0.3 is 27.2 Å². The Bertz CT molecular complexity index is 816. The van der Waals surface area contributed by atoms with Gasteiger partial charge in [0.25, 0.3) is 0 Å². The zero-order valence-corrected chi connectivity index (χ0v) is 20.5. The number of aliphatic carboxylic acids is 1. The normalized spacial score (nSPS) is 11.4. The van der Waals surface area contributed by atoms with E-state index in [2.05, 4.69) is 29.7 Å². The molecule has 34 heavy (non-hydrogen) atoms. The van der Waals surface area contributed by atoms with Crippen LogP contribution in [0.1, 0.15) is 44.2 Å². The van der Waals surface area contributed by atoms with Crippen LogP contribution in [0.5, 0.6) is 0 Å². The predicted molar refractivity (Wildman–Crippen MR) is 136 cm³/mol. The van der Waals surface area contributed by atoms with E-state index in [1.807, 2.05) is 62.4 Å². The standard InChI is InChI=1S/C17H26N4O4.C7H8.C2H6/c18-9-5-4-8-14(17(24)25)21-15(22)11-20-16(23)13(19)10-12-6-2-1-3-7-12;1-7-5-3-2-4-6-7;1-2/h1-3,6-7,13-14H,4-5,8-11,18-19H2,(H,20,23)(H,21,22)(H,24,25);2-6H,1H3;1-2H3/t13-,14?;;/m1../s1. The minimum atomic E-state index is -1.11. The topological polar surface area (TPSA) is 148 Å². The van der Waals surface area contributed by atoms with E-state index in [0.29, 0.717) is 32.2 Å². The van der Waals surface area contributed by atoms with Crippen LogP contribution in [0.2, 0.25) is 0 Å². The number of nitrogens with two attached hydrogens (primary N) is 2. The van der Waals surface area contributed by atoms with Gasteiger partial charge in [-0.05, 0) is 44.7 Å². The van der Waals surface area contributed by atoms with E-state index in [0.717, 1.165) is 5.56 Å². The maximum absolute atomic E-state index is 11.9. The lowest BCUT2D eigenvalue weighted by Crippen LogP contribution is -2.49. The second kappa shape index (κ2) is 19.3. The van der Waals surface area contributed by atoms with Gasteiger partial charge in [-0.2, -0.15) is 0 Å². The number of hydrogen-bond acceptors (Lipinski definition) is 5. The van der Waals surface area contributed by atoms with E-state index in [9.17, 15) is 14.4 Å². The minimum absolute atomic E-state index is 0.291. The third kappa shape index (κ3) is 14.8. The van der Waals surface area contributed by atoms with Crippen molar-refractivity contribution in [3.63, 3.8) is 0 Å². The lowest BCUT2D eigenvalue weighted by Gasteiger charge is -2.16. The quantitative estimate of drug-likeness (QED) is 0.317. The predicted octanol–water partition coefficient (Wildman–Crippen LogP) is 2.39. The van der Waals surface area contributed by atoms with E-state index >= 15 is 0 Å². The van der Waals surface area contributed by atoms with Crippen molar-refractivity contribution in [3.8, 4) is 0 Å². The maximum Gasteiger partial charge on any atom is 0.326 e. The molecule has 2 aromatic carbocycles. The summed E-state index contributed by atoms with van der Waals surface area (Å²) in [5.74, 6) is -2.15. The molecule has 0 spiro atoms. The van der Waals surface area contributed by atoms with Crippen LogP contribution in [0, 0.1) is 6.92 Å². The molecular formula is C26H40N4O4. The van der Waals surface area contributed by atoms with Crippen LogP contribution < -0.4 is 22.1 Å². The Labute approximate surface area is 203 Å². The molecule has 8 nitrogen and oxygen atoms in total. The molecule has 1 unspecified atom stereocenters. The van der Waals surface area contributed by atoms with Crippen LogP contribution in [0.4, 0.5) is 0 Å². The van der Waals surface area contributed by atoms with Crippen LogP contribution in [-0.2, 0) is 20.8 Å². The van der Waals surface area contributed by atoms with Gasteiger partial charge in [-0.15, -0.1) is 0 Å². The zero-order chi connectivity index (χ0) is 25.8. The Morgan fingerprint density at radius 1 is 0.941 bits per heavy atom. The van der Waals surface area contributed by atoms with E-state index in [1.54, 1.807) is 0 Å². The van der Waals surface area contributed by atoms with Gasteiger partial charge in [0.2, 0.25) is 11.8 Å². The molecule has 0 aliphatic rings. The summed E-state index contributed by atoms with van der Waals surface area (Å²) in [7, 11) is 0. The largest absolute Gasteiger partial charge is 0.480 e. The molecule has 0 aliphatic heterocycles. The third-order valence-corrected chi connectivity index (χ3v) is 4.58. The number of carboxylic acids is 1. The molecule has 2 rings (SSSR count). The fourth-order valence-corrected chi connectivity index (χ4v) is 2.79. The fourth-order valence-electron chi connectivity index (χ4n) is 2.79. The molecule has 0 saturated heterocycles. The van der Waals surface area contributed by atoms with E-state index in [-0.39, 0.29) is 6.54 Å². The van der Waals surface area contributed by atoms with Gasteiger partial charge in [0.1, 0.15) is 6.04 Å². The first kappa shape index (κ1) is 30.8. The Morgan fingerprint density at radius 2 is 1.50 bits per heavy atom. The average molecular weight is 473 g/mol. The van der Waals surface area contributed by atoms with Crippen LogP contribution >= 0.6 is 0 Å². The van der Waals surface area contributed by atoms with Gasteiger partial charge in [-0.25, -0.2) is 4.79 Å². The van der Waals surface area contributed by atoms with Crippen molar-refractivity contribution in [1.82, 2.24) is 10.6 Å². The van der Waals surface area contributed by atoms with Crippen LogP contribution in [-0.4, -0.2) is 48.1 Å². The molecule has 2 amide bonds. The molecule has 0 saturated carbocycles. The van der Waals surface area contributed by atoms with Crippen LogP contribution in [0.15, 0.2) is 60.7 Å². The van der Waals surface area contributed by atoms with Gasteiger partial charge in [-0.3, -0.25) is 9.59 Å². The van der Waals surface area contributed by atoms with E-state index in [1.165, 1.54) is 5.56 Å². The molecule has 188 valence electrons. The van der Waals surface area contributed by atoms with Crippen molar-refractivity contribution in [2.45, 2.75) is 58.5 Å². The highest BCUT2D eigenvalue weighted by molar-refractivity contribution is 5.89. The lowest BCUT2D eigenvalue weighted by molar-refractivity contribution is -0.142. The van der Waals surface area contributed by atoms with Crippen molar-refractivity contribution in [1.29, 1.82) is 0 Å². The first-order chi connectivity index (χ1) is 16.3. The second-order valence-corrected chi connectivity index (χ2v) is 7.41. The number of amides is 2. The number of rotatable bonds is 11. The summed E-state index contributed by atoms with van der Waals surface area (Å²) in [6.07, 6.45) is 1.93. The van der Waals surface area contributed by atoms with Crippen LogP contribution in [0.3, 0.4) is 0 Å². The summed E-state index contributed by atoms with van der Waals surface area (Å²) in [4.78, 5) is 34.9. The Kier molecular flexibility index (Phi) is 17.4. The molecule has 0 aromatic heterocycles. The maximum atomic E-state index is 11.9. The summed E-state index contributed by atoms with van der Waals surface area (Å²) >= 11 is 0. The highest BCUT2D eigenvalue weighted by Crippen LogP contribution is 2.02. The van der Waals surface area contributed by atoms with Gasteiger partial charge >= 0.3 is 5.97 Å². The fraction of sp³-hybridized carbons (Fsp3) is 0.423. The van der Waals surface area contributed by atoms with E-state index < -0.39 is 29.9 Å². The number of carbonyl (C=O) groups excluding carboxylic acids is 2. The molecule has 7 N–H and O–H groups in total. The summed E-state index contributed by atoms with van der Waals surface area (Å²) in [5.41, 5.74) is 13.4. The summed E-state index contributed by atoms with van der Waals surface area (Å²) in [6.45, 7) is 6.23. The first-order valence-corrected chi connectivity index (χ1v) is 11.6. The van der Waals surface area contributed by atoms with Crippen molar-refractivity contribution in [2.75, 3.05) is 13.1 Å². The molecule has 8 heteroatoms. The number of hydrogen-bond donors (Lipinski definition) is 5. The average Bonchev–Trinajstić information content (AvgIpc) is 2.84. The first-order valence-electron chi connectivity index (χ1n) is 11.6. The smallest absolute Gasteiger partial charge is 0.326 e. The molecule has 0 bridgehead atoms. The molecule has 2 atom stereocenters. The van der Waals surface area contributed by atoms with Crippen molar-refractivity contribution in [2.24, 2.45) is 11.5 Å². The second-order valence-electron chi connectivity index (χ2n) is 7.41. The number of unbranched alkanes of at least 4 members (excludes halogenated alkanes) is 1. The Hall–Kier alpha value is -3.23. The number of benzene rings is 2. The van der Waals surface area contributed by atoms with Gasteiger partial charge in [0.15, 0.2) is 0 Å². The van der Waals surface area contributed by atoms with Crippen molar-refractivity contribution >= 4 is 17.8 Å². The molecule has 0 heterocycles.